The molecule has 0 spiro atoms. The molecule has 0 radical (unpaired) electrons. The molecule has 0 saturated heterocycles. The second kappa shape index (κ2) is 11.3. The van der Waals surface area contributed by atoms with Crippen molar-refractivity contribution >= 4 is 27.7 Å². The number of amides is 2. The maximum Gasteiger partial charge on any atom is 0.261 e. The highest BCUT2D eigenvalue weighted by atomic mass is 79.9. The molecule has 0 unspecified atom stereocenters. The van der Waals surface area contributed by atoms with Crippen LogP contribution in [0.1, 0.15) is 50.2 Å². The van der Waals surface area contributed by atoms with Gasteiger partial charge in [0.15, 0.2) is 6.61 Å². The second-order valence-corrected chi connectivity index (χ2v) is 9.19. The topological polar surface area (TPSA) is 58.6 Å². The number of carbonyl (C=O) groups is 2. The lowest BCUT2D eigenvalue weighted by Crippen LogP contribution is -2.51. The van der Waals surface area contributed by atoms with Crippen LogP contribution < -0.4 is 10.1 Å². The Kier molecular flexibility index (Phi) is 8.52. The molecule has 1 atom stereocenters. The fourth-order valence-corrected chi connectivity index (χ4v) is 4.06. The average molecular weight is 487 g/mol. The maximum absolute atomic E-state index is 13.1. The number of hydrogen-bond acceptors (Lipinski definition) is 3. The van der Waals surface area contributed by atoms with Crippen molar-refractivity contribution in [1.29, 1.82) is 0 Å². The normalized spacial score (nSPS) is 15.2. The Labute approximate surface area is 193 Å². The van der Waals surface area contributed by atoms with E-state index in [1.807, 2.05) is 55.5 Å². The number of rotatable bonds is 8. The zero-order valence-electron chi connectivity index (χ0n) is 18.3. The van der Waals surface area contributed by atoms with E-state index < -0.39 is 6.04 Å². The number of nitrogens with zero attached hydrogens (tertiary/aromatic N) is 1. The molecule has 0 bridgehead atoms. The Morgan fingerprint density at radius 1 is 1.06 bits per heavy atom. The van der Waals surface area contributed by atoms with Crippen molar-refractivity contribution in [3.8, 4) is 5.75 Å². The van der Waals surface area contributed by atoms with Crippen molar-refractivity contribution in [3.05, 3.63) is 64.1 Å². The molecule has 166 valence electrons. The van der Waals surface area contributed by atoms with E-state index in [2.05, 4.69) is 21.2 Å². The molecule has 3 rings (SSSR count). The van der Waals surface area contributed by atoms with Gasteiger partial charge in [0.25, 0.3) is 5.91 Å². The van der Waals surface area contributed by atoms with Gasteiger partial charge in [0.2, 0.25) is 5.91 Å². The first-order valence-electron chi connectivity index (χ1n) is 11.0. The molecular formula is C25H31BrN2O3. The maximum atomic E-state index is 13.1. The van der Waals surface area contributed by atoms with Crippen LogP contribution in [0.25, 0.3) is 0 Å². The summed E-state index contributed by atoms with van der Waals surface area (Å²) in [6, 6.07) is 15.0. The lowest BCUT2D eigenvalue weighted by atomic mass is 9.95. The Balaban J connectivity index is 1.69. The summed E-state index contributed by atoms with van der Waals surface area (Å²) in [5.41, 5.74) is 2.09. The fourth-order valence-electron chi connectivity index (χ4n) is 3.80. The Hall–Kier alpha value is -2.34. The molecule has 0 aliphatic heterocycles. The number of benzene rings is 2. The van der Waals surface area contributed by atoms with Gasteiger partial charge in [-0.25, -0.2) is 0 Å². The SMILES string of the molecule is Cc1ccc(OCC(=O)N(Cc2ccc(Br)cc2)[C@H](C)C(=O)NC2CCCCC2)cc1. The number of carbonyl (C=O) groups excluding carboxylic acids is 2. The zero-order valence-corrected chi connectivity index (χ0v) is 19.9. The van der Waals surface area contributed by atoms with E-state index in [4.69, 9.17) is 4.74 Å². The van der Waals surface area contributed by atoms with Gasteiger partial charge in [0.1, 0.15) is 11.8 Å². The third-order valence-corrected chi connectivity index (χ3v) is 6.30. The van der Waals surface area contributed by atoms with Crippen molar-refractivity contribution in [2.75, 3.05) is 6.61 Å². The van der Waals surface area contributed by atoms with E-state index in [9.17, 15) is 9.59 Å². The molecular weight excluding hydrogens is 456 g/mol. The van der Waals surface area contributed by atoms with Crippen molar-refractivity contribution in [1.82, 2.24) is 10.2 Å². The highest BCUT2D eigenvalue weighted by Crippen LogP contribution is 2.19. The number of ether oxygens (including phenoxy) is 1. The van der Waals surface area contributed by atoms with E-state index in [0.29, 0.717) is 12.3 Å². The van der Waals surface area contributed by atoms with E-state index in [-0.39, 0.29) is 24.5 Å². The van der Waals surface area contributed by atoms with Crippen LogP contribution in [-0.2, 0) is 16.1 Å². The van der Waals surface area contributed by atoms with Crippen molar-refractivity contribution in [3.63, 3.8) is 0 Å². The van der Waals surface area contributed by atoms with Gasteiger partial charge in [-0.05, 0) is 56.5 Å². The summed E-state index contributed by atoms with van der Waals surface area (Å²) in [6.07, 6.45) is 5.54. The molecule has 1 saturated carbocycles. The van der Waals surface area contributed by atoms with E-state index in [1.165, 1.54) is 6.42 Å². The second-order valence-electron chi connectivity index (χ2n) is 8.27. The Bertz CT molecular complexity index is 861. The standard InChI is InChI=1S/C25H31BrN2O3/c1-18-8-14-23(15-9-18)31-17-24(29)28(16-20-10-12-21(26)13-11-20)19(2)25(30)27-22-6-4-3-5-7-22/h8-15,19,22H,3-7,16-17H2,1-2H3,(H,27,30)/t19-/m1/s1. The van der Waals surface area contributed by atoms with Crippen LogP contribution in [0.3, 0.4) is 0 Å². The lowest BCUT2D eigenvalue weighted by molar-refractivity contribution is -0.142. The quantitative estimate of drug-likeness (QED) is 0.570. The Morgan fingerprint density at radius 3 is 2.35 bits per heavy atom. The third-order valence-electron chi connectivity index (χ3n) is 5.77. The van der Waals surface area contributed by atoms with Gasteiger partial charge in [-0.1, -0.05) is 65.0 Å². The first-order chi connectivity index (χ1) is 14.9. The minimum Gasteiger partial charge on any atom is -0.484 e. The fraction of sp³-hybridized carbons (Fsp3) is 0.440. The lowest BCUT2D eigenvalue weighted by Gasteiger charge is -2.31. The molecule has 1 N–H and O–H groups in total. The molecule has 1 fully saturated rings. The molecule has 1 aliphatic rings. The van der Waals surface area contributed by atoms with Gasteiger partial charge >= 0.3 is 0 Å². The number of halogens is 1. The van der Waals surface area contributed by atoms with Gasteiger partial charge in [0.05, 0.1) is 0 Å². The molecule has 0 aromatic heterocycles. The van der Waals surface area contributed by atoms with Gasteiger partial charge in [-0.2, -0.15) is 0 Å². The van der Waals surface area contributed by atoms with Crippen LogP contribution in [0.2, 0.25) is 0 Å². The predicted octanol–water partition coefficient (Wildman–Crippen LogP) is 5.00. The van der Waals surface area contributed by atoms with Crippen LogP contribution in [0.15, 0.2) is 53.0 Å². The van der Waals surface area contributed by atoms with Crippen LogP contribution in [0, 0.1) is 6.92 Å². The van der Waals surface area contributed by atoms with Crippen LogP contribution in [0.4, 0.5) is 0 Å². The van der Waals surface area contributed by atoms with Crippen molar-refractivity contribution in [2.24, 2.45) is 0 Å². The summed E-state index contributed by atoms with van der Waals surface area (Å²) in [5.74, 6) is 0.323. The molecule has 5 nitrogen and oxygen atoms in total. The zero-order chi connectivity index (χ0) is 22.2. The van der Waals surface area contributed by atoms with Gasteiger partial charge in [-0.3, -0.25) is 9.59 Å². The summed E-state index contributed by atoms with van der Waals surface area (Å²) >= 11 is 3.44. The monoisotopic (exact) mass is 486 g/mol. The van der Waals surface area contributed by atoms with E-state index in [0.717, 1.165) is 41.3 Å². The van der Waals surface area contributed by atoms with Crippen LogP contribution >= 0.6 is 15.9 Å². The van der Waals surface area contributed by atoms with Crippen LogP contribution in [0.5, 0.6) is 5.75 Å². The molecule has 2 aromatic rings. The number of nitrogens with one attached hydrogen (secondary N) is 1. The Morgan fingerprint density at radius 2 is 1.71 bits per heavy atom. The molecule has 2 aromatic carbocycles. The van der Waals surface area contributed by atoms with E-state index in [1.54, 1.807) is 11.8 Å². The van der Waals surface area contributed by atoms with Crippen molar-refractivity contribution in [2.45, 2.75) is 64.6 Å². The summed E-state index contributed by atoms with van der Waals surface area (Å²) in [7, 11) is 0. The summed E-state index contributed by atoms with van der Waals surface area (Å²) < 4.78 is 6.68. The largest absolute Gasteiger partial charge is 0.484 e. The van der Waals surface area contributed by atoms with Crippen LogP contribution in [-0.4, -0.2) is 35.4 Å². The first-order valence-corrected chi connectivity index (χ1v) is 11.8. The van der Waals surface area contributed by atoms with Gasteiger partial charge < -0.3 is 15.0 Å². The molecule has 2 amide bonds. The third kappa shape index (κ3) is 7.10. The molecule has 0 heterocycles. The average Bonchev–Trinajstić information content (AvgIpc) is 2.78. The minimum absolute atomic E-state index is 0.104. The number of hydrogen-bond donors (Lipinski definition) is 1. The summed E-state index contributed by atoms with van der Waals surface area (Å²) in [4.78, 5) is 27.7. The molecule has 1 aliphatic carbocycles. The summed E-state index contributed by atoms with van der Waals surface area (Å²) in [5, 5.41) is 3.15. The smallest absolute Gasteiger partial charge is 0.261 e. The molecule has 31 heavy (non-hydrogen) atoms. The predicted molar refractivity (Wildman–Crippen MR) is 126 cm³/mol. The number of aryl methyl sites for hydroxylation is 1. The first kappa shape index (κ1) is 23.3. The highest BCUT2D eigenvalue weighted by molar-refractivity contribution is 9.10. The minimum atomic E-state index is -0.584. The van der Waals surface area contributed by atoms with Gasteiger partial charge in [-0.15, -0.1) is 0 Å². The highest BCUT2D eigenvalue weighted by Gasteiger charge is 2.28. The summed E-state index contributed by atoms with van der Waals surface area (Å²) in [6.45, 7) is 4.03. The van der Waals surface area contributed by atoms with Gasteiger partial charge in [0, 0.05) is 17.1 Å². The molecule has 6 heteroatoms. The van der Waals surface area contributed by atoms with Crippen molar-refractivity contribution < 1.29 is 14.3 Å². The van der Waals surface area contributed by atoms with E-state index >= 15 is 0 Å².